The molecule has 0 aromatic carbocycles. The zero-order chi connectivity index (χ0) is 25.3. The van der Waals surface area contributed by atoms with Gasteiger partial charge in [-0.25, -0.2) is 4.79 Å². The largest absolute Gasteiger partial charge is 0.444 e. The summed E-state index contributed by atoms with van der Waals surface area (Å²) in [6, 6.07) is 0.962. The van der Waals surface area contributed by atoms with Crippen molar-refractivity contribution < 1.29 is 27.5 Å². The molecule has 34 heavy (non-hydrogen) atoms. The Labute approximate surface area is 198 Å². The van der Waals surface area contributed by atoms with Gasteiger partial charge in [0.25, 0.3) is 0 Å². The van der Waals surface area contributed by atoms with Crippen LogP contribution in [0.5, 0.6) is 0 Å². The fourth-order valence-electron chi connectivity index (χ4n) is 4.84. The van der Waals surface area contributed by atoms with Crippen molar-refractivity contribution in [3.8, 4) is 0 Å². The number of rotatable bonds is 4. The van der Waals surface area contributed by atoms with Gasteiger partial charge in [-0.15, -0.1) is 0 Å². The summed E-state index contributed by atoms with van der Waals surface area (Å²) in [6.45, 7) is 10.2. The molecule has 1 aromatic heterocycles. The van der Waals surface area contributed by atoms with Crippen LogP contribution in [0.15, 0.2) is 24.5 Å². The Morgan fingerprint density at radius 2 is 1.94 bits per heavy atom. The maximum absolute atomic E-state index is 13.6. The summed E-state index contributed by atoms with van der Waals surface area (Å²) in [5, 5.41) is 2.91. The van der Waals surface area contributed by atoms with E-state index in [1.54, 1.807) is 25.7 Å². The van der Waals surface area contributed by atoms with Crippen LogP contribution in [-0.4, -0.2) is 46.6 Å². The van der Waals surface area contributed by atoms with Crippen LogP contribution in [-0.2, 0) is 15.7 Å². The molecule has 9 heteroatoms. The maximum Gasteiger partial charge on any atom is 0.417 e. The predicted octanol–water partition coefficient (Wildman–Crippen LogP) is 5.44. The van der Waals surface area contributed by atoms with E-state index < -0.39 is 28.8 Å². The number of carbonyl (C=O) groups excluding carboxylic acids is 2. The van der Waals surface area contributed by atoms with Crippen LogP contribution in [0.25, 0.3) is 5.57 Å². The van der Waals surface area contributed by atoms with Gasteiger partial charge in [-0.2, -0.15) is 13.2 Å². The lowest BCUT2D eigenvalue weighted by Crippen LogP contribution is -2.48. The summed E-state index contributed by atoms with van der Waals surface area (Å²) in [4.78, 5) is 31.4. The van der Waals surface area contributed by atoms with Gasteiger partial charge in [-0.3, -0.25) is 9.78 Å². The van der Waals surface area contributed by atoms with Crippen molar-refractivity contribution in [2.24, 2.45) is 11.3 Å². The summed E-state index contributed by atoms with van der Waals surface area (Å²) in [5.74, 6) is 0.108. The Kier molecular flexibility index (Phi) is 7.34. The predicted molar refractivity (Wildman–Crippen MR) is 123 cm³/mol. The lowest BCUT2D eigenvalue weighted by atomic mass is 9.74. The molecule has 1 aliphatic carbocycles. The molecule has 0 bridgehead atoms. The topological polar surface area (TPSA) is 71.5 Å². The van der Waals surface area contributed by atoms with Crippen LogP contribution in [0.2, 0.25) is 0 Å². The maximum atomic E-state index is 13.6. The zero-order valence-corrected chi connectivity index (χ0v) is 20.5. The van der Waals surface area contributed by atoms with E-state index in [1.807, 2.05) is 19.9 Å². The Bertz CT molecular complexity index is 953. The van der Waals surface area contributed by atoms with Crippen molar-refractivity contribution >= 4 is 17.6 Å². The second kappa shape index (κ2) is 9.58. The minimum absolute atomic E-state index is 0.0356. The second-order valence-corrected chi connectivity index (χ2v) is 10.6. The van der Waals surface area contributed by atoms with Gasteiger partial charge in [0.05, 0.1) is 11.0 Å². The number of alkyl halides is 3. The molecule has 1 N–H and O–H groups in total. The lowest BCUT2D eigenvalue weighted by molar-refractivity contribution is -0.144. The van der Waals surface area contributed by atoms with Crippen LogP contribution in [0.3, 0.4) is 0 Å². The van der Waals surface area contributed by atoms with Gasteiger partial charge in [0.15, 0.2) is 0 Å². The first kappa shape index (κ1) is 26.0. The fourth-order valence-corrected chi connectivity index (χ4v) is 4.84. The SMILES string of the molecule is CC(C)C1(C(=O)N2CC=C(c3cncc(C(F)(F)F)c3)CC2)CCC(NC(=O)OC(C)(C)C)C1. The molecule has 2 atom stereocenters. The third-order valence-corrected chi connectivity index (χ3v) is 6.73. The molecule has 0 saturated heterocycles. The summed E-state index contributed by atoms with van der Waals surface area (Å²) in [5.41, 5.74) is -0.776. The highest BCUT2D eigenvalue weighted by atomic mass is 19.4. The average Bonchev–Trinajstić information content (AvgIpc) is 3.16. The molecule has 188 valence electrons. The molecular formula is C25H34F3N3O3. The van der Waals surface area contributed by atoms with Gasteiger partial charge < -0.3 is 15.0 Å². The Hall–Kier alpha value is -2.58. The Balaban J connectivity index is 1.69. The first-order chi connectivity index (χ1) is 15.7. The molecule has 2 amide bonds. The summed E-state index contributed by atoms with van der Waals surface area (Å²) < 4.78 is 44.5. The van der Waals surface area contributed by atoms with Gasteiger partial charge in [0, 0.05) is 31.5 Å². The summed E-state index contributed by atoms with van der Waals surface area (Å²) >= 11 is 0. The number of hydrogen-bond donors (Lipinski definition) is 1. The van der Waals surface area contributed by atoms with Crippen molar-refractivity contribution in [3.63, 3.8) is 0 Å². The molecule has 3 rings (SSSR count). The minimum atomic E-state index is -4.45. The van der Waals surface area contributed by atoms with E-state index in [0.717, 1.165) is 17.8 Å². The minimum Gasteiger partial charge on any atom is -0.444 e. The number of pyridine rings is 1. The van der Waals surface area contributed by atoms with Crippen molar-refractivity contribution in [3.05, 3.63) is 35.7 Å². The molecule has 1 aromatic rings. The van der Waals surface area contributed by atoms with Crippen LogP contribution in [0.1, 0.15) is 71.4 Å². The highest BCUT2D eigenvalue weighted by Crippen LogP contribution is 2.46. The van der Waals surface area contributed by atoms with E-state index in [1.165, 1.54) is 6.20 Å². The van der Waals surface area contributed by atoms with E-state index in [2.05, 4.69) is 10.3 Å². The molecule has 1 saturated carbocycles. The summed E-state index contributed by atoms with van der Waals surface area (Å²) in [7, 11) is 0. The van der Waals surface area contributed by atoms with E-state index in [9.17, 15) is 22.8 Å². The van der Waals surface area contributed by atoms with Gasteiger partial charge in [-0.05, 0) is 69.6 Å². The molecule has 2 heterocycles. The monoisotopic (exact) mass is 481 g/mol. The number of ether oxygens (including phenoxy) is 1. The van der Waals surface area contributed by atoms with Crippen molar-refractivity contribution in [1.29, 1.82) is 0 Å². The normalized spacial score (nSPS) is 23.6. The van der Waals surface area contributed by atoms with Crippen LogP contribution >= 0.6 is 0 Å². The van der Waals surface area contributed by atoms with Crippen molar-refractivity contribution in [1.82, 2.24) is 15.2 Å². The number of hydrogen-bond acceptors (Lipinski definition) is 4. The first-order valence-corrected chi connectivity index (χ1v) is 11.7. The number of amides is 2. The van der Waals surface area contributed by atoms with Gasteiger partial charge in [0.2, 0.25) is 5.91 Å². The van der Waals surface area contributed by atoms with Gasteiger partial charge in [-0.1, -0.05) is 19.9 Å². The molecule has 2 unspecified atom stereocenters. The summed E-state index contributed by atoms with van der Waals surface area (Å²) in [6.07, 6.45) is 1.48. The number of halogens is 3. The smallest absolute Gasteiger partial charge is 0.417 e. The third kappa shape index (κ3) is 5.91. The quantitative estimate of drug-likeness (QED) is 0.622. The van der Waals surface area contributed by atoms with Crippen molar-refractivity contribution in [2.75, 3.05) is 13.1 Å². The average molecular weight is 482 g/mol. The standard InChI is InChI=1S/C25H34F3N3O3/c1-16(2)24(9-6-20(13-24)30-22(33)34-23(3,4)5)21(32)31-10-7-17(8-11-31)18-12-19(15-29-14-18)25(26,27)28/h7,12,14-16,20H,6,8-11,13H2,1-5H3,(H,30,33). The number of alkyl carbamates (subject to hydrolysis) is 1. The molecular weight excluding hydrogens is 447 g/mol. The fraction of sp³-hybridized carbons (Fsp3) is 0.640. The molecule has 0 radical (unpaired) electrons. The number of aromatic nitrogens is 1. The molecule has 2 aliphatic rings. The Morgan fingerprint density at radius 1 is 1.24 bits per heavy atom. The van der Waals surface area contributed by atoms with E-state index in [0.29, 0.717) is 44.3 Å². The zero-order valence-electron chi connectivity index (χ0n) is 20.5. The number of nitrogens with zero attached hydrogens (tertiary/aromatic N) is 2. The van der Waals surface area contributed by atoms with Crippen LogP contribution in [0, 0.1) is 11.3 Å². The van der Waals surface area contributed by atoms with E-state index in [4.69, 9.17) is 4.74 Å². The lowest BCUT2D eigenvalue weighted by Gasteiger charge is -2.39. The second-order valence-electron chi connectivity index (χ2n) is 10.6. The molecule has 0 spiro atoms. The van der Waals surface area contributed by atoms with Crippen LogP contribution < -0.4 is 5.32 Å². The van der Waals surface area contributed by atoms with E-state index >= 15 is 0 Å². The molecule has 1 fully saturated rings. The van der Waals surface area contributed by atoms with Crippen LogP contribution in [0.4, 0.5) is 18.0 Å². The third-order valence-electron chi connectivity index (χ3n) is 6.73. The van der Waals surface area contributed by atoms with Gasteiger partial charge >= 0.3 is 12.3 Å². The highest BCUT2D eigenvalue weighted by Gasteiger charge is 2.49. The number of carbonyl (C=O) groups is 2. The van der Waals surface area contributed by atoms with E-state index in [-0.39, 0.29) is 17.9 Å². The van der Waals surface area contributed by atoms with Crippen molar-refractivity contribution in [2.45, 2.75) is 78.1 Å². The highest BCUT2D eigenvalue weighted by molar-refractivity contribution is 5.85. The molecule has 6 nitrogen and oxygen atoms in total. The van der Waals surface area contributed by atoms with Gasteiger partial charge in [0.1, 0.15) is 5.60 Å². The molecule has 1 aliphatic heterocycles. The number of nitrogens with one attached hydrogen (secondary N) is 1. The Morgan fingerprint density at radius 3 is 2.50 bits per heavy atom. The first-order valence-electron chi connectivity index (χ1n) is 11.7.